The molecule has 8 nitrogen and oxygen atoms in total. The molecular weight excluding hydrogens is 544 g/mol. The van der Waals surface area contributed by atoms with Gasteiger partial charge in [0.25, 0.3) is 0 Å². The van der Waals surface area contributed by atoms with Crippen LogP contribution in [0.25, 0.3) is 6.08 Å². The maximum absolute atomic E-state index is 12.3. The molecule has 228 valence electrons. The van der Waals surface area contributed by atoms with E-state index < -0.39 is 11.9 Å². The van der Waals surface area contributed by atoms with Gasteiger partial charge in [-0.05, 0) is 85.4 Å². The lowest BCUT2D eigenvalue weighted by atomic mass is 10.1. The molecule has 0 saturated heterocycles. The summed E-state index contributed by atoms with van der Waals surface area (Å²) in [6, 6.07) is 19.1. The molecule has 0 spiro atoms. The minimum atomic E-state index is -0.466. The first-order valence-electron chi connectivity index (χ1n) is 14.9. The van der Waals surface area contributed by atoms with Gasteiger partial charge >= 0.3 is 17.9 Å². The second kappa shape index (κ2) is 18.1. The van der Waals surface area contributed by atoms with Crippen molar-refractivity contribution in [3.05, 3.63) is 95.1 Å². The summed E-state index contributed by atoms with van der Waals surface area (Å²) in [7, 11) is 0. The fraction of sp³-hybridized carbons (Fsp3) is 0.343. The van der Waals surface area contributed by atoms with Gasteiger partial charge in [0.15, 0.2) is 0 Å². The highest BCUT2D eigenvalue weighted by molar-refractivity contribution is 5.92. The van der Waals surface area contributed by atoms with Crippen molar-refractivity contribution in [1.29, 1.82) is 0 Å². The minimum Gasteiger partial charge on any atom is -0.462 e. The lowest BCUT2D eigenvalue weighted by molar-refractivity contribution is -0.128. The Kier molecular flexibility index (Phi) is 13.8. The highest BCUT2D eigenvalue weighted by atomic mass is 16.5. The molecule has 43 heavy (non-hydrogen) atoms. The van der Waals surface area contributed by atoms with Crippen LogP contribution in [0.3, 0.4) is 0 Å². The lowest BCUT2D eigenvalue weighted by Crippen LogP contribution is -2.08. The largest absolute Gasteiger partial charge is 0.462 e. The number of aryl methyl sites for hydroxylation is 1. The molecule has 3 aromatic rings. The van der Waals surface area contributed by atoms with Crippen LogP contribution in [0.5, 0.6) is 5.75 Å². The Hall–Kier alpha value is -4.59. The van der Waals surface area contributed by atoms with E-state index in [-0.39, 0.29) is 5.97 Å². The van der Waals surface area contributed by atoms with Gasteiger partial charge in [-0.3, -0.25) is 0 Å². The van der Waals surface area contributed by atoms with Crippen molar-refractivity contribution in [2.24, 2.45) is 0 Å². The van der Waals surface area contributed by atoms with E-state index in [1.807, 2.05) is 24.3 Å². The molecule has 4 N–H and O–H groups in total. The molecule has 0 aromatic heterocycles. The van der Waals surface area contributed by atoms with Crippen molar-refractivity contribution in [3.63, 3.8) is 0 Å². The number of ether oxygens (including phenoxy) is 3. The van der Waals surface area contributed by atoms with Gasteiger partial charge in [-0.15, -0.1) is 0 Å². The first-order valence-corrected chi connectivity index (χ1v) is 14.9. The second-order valence-corrected chi connectivity index (χ2v) is 10.4. The number of unbranched alkanes of at least 4 members (excludes halogenated alkanes) is 6. The first kappa shape index (κ1) is 32.9. The van der Waals surface area contributed by atoms with Crippen LogP contribution in [-0.2, 0) is 20.7 Å². The number of nitrogens with two attached hydrogens (primary N) is 2. The number of carbonyl (C=O) groups excluding carboxylic acids is 3. The molecule has 0 unspecified atom stereocenters. The Bertz CT molecular complexity index is 1330. The normalized spacial score (nSPS) is 10.9. The molecule has 0 amide bonds. The highest BCUT2D eigenvalue weighted by Gasteiger charge is 2.09. The zero-order valence-electron chi connectivity index (χ0n) is 24.9. The number of benzene rings is 3. The Morgan fingerprint density at radius 2 is 1.26 bits per heavy atom. The fourth-order valence-corrected chi connectivity index (χ4v) is 4.37. The number of nitrogen functional groups attached to an aromatic ring is 2. The summed E-state index contributed by atoms with van der Waals surface area (Å²) in [5.41, 5.74) is 15.1. The number of carbonyl (C=O) groups is 3. The van der Waals surface area contributed by atoms with Gasteiger partial charge in [-0.25, -0.2) is 14.4 Å². The van der Waals surface area contributed by atoms with E-state index in [0.717, 1.165) is 50.5 Å². The van der Waals surface area contributed by atoms with Crippen LogP contribution in [0.4, 0.5) is 11.4 Å². The molecule has 0 aliphatic heterocycles. The molecule has 0 aliphatic carbocycles. The monoisotopic (exact) mass is 586 g/mol. The van der Waals surface area contributed by atoms with Gasteiger partial charge in [0, 0.05) is 17.5 Å². The van der Waals surface area contributed by atoms with Gasteiger partial charge in [0.1, 0.15) is 5.75 Å². The van der Waals surface area contributed by atoms with Crippen LogP contribution in [-0.4, -0.2) is 31.1 Å². The molecule has 0 atom stereocenters. The fourth-order valence-electron chi connectivity index (χ4n) is 4.37. The van der Waals surface area contributed by atoms with E-state index in [2.05, 4.69) is 6.92 Å². The Balaban J connectivity index is 1.26. The maximum Gasteiger partial charge on any atom is 0.338 e. The molecular formula is C35H42N2O6. The number of rotatable bonds is 17. The van der Waals surface area contributed by atoms with Crippen molar-refractivity contribution >= 4 is 35.4 Å². The van der Waals surface area contributed by atoms with Crippen LogP contribution < -0.4 is 16.2 Å². The van der Waals surface area contributed by atoms with Crippen LogP contribution in [0.1, 0.15) is 90.1 Å². The quantitative estimate of drug-likeness (QED) is 0.0560. The topological polar surface area (TPSA) is 131 Å². The van der Waals surface area contributed by atoms with E-state index in [4.69, 9.17) is 25.7 Å². The highest BCUT2D eigenvalue weighted by Crippen LogP contribution is 2.16. The molecule has 0 fully saturated rings. The Morgan fingerprint density at radius 3 is 1.86 bits per heavy atom. The number of esters is 3. The summed E-state index contributed by atoms with van der Waals surface area (Å²) >= 11 is 0. The van der Waals surface area contributed by atoms with Gasteiger partial charge in [0.05, 0.1) is 24.3 Å². The van der Waals surface area contributed by atoms with Crippen molar-refractivity contribution in [2.75, 3.05) is 24.7 Å². The van der Waals surface area contributed by atoms with Gasteiger partial charge in [-0.1, -0.05) is 63.3 Å². The smallest absolute Gasteiger partial charge is 0.338 e. The Labute approximate surface area is 254 Å². The van der Waals surface area contributed by atoms with E-state index >= 15 is 0 Å². The van der Waals surface area contributed by atoms with Crippen LogP contribution in [0, 0.1) is 0 Å². The van der Waals surface area contributed by atoms with Gasteiger partial charge in [0.2, 0.25) is 0 Å². The van der Waals surface area contributed by atoms with Crippen molar-refractivity contribution in [3.8, 4) is 5.75 Å². The predicted octanol–water partition coefficient (Wildman–Crippen LogP) is 7.17. The number of anilines is 2. The average Bonchev–Trinajstić information content (AvgIpc) is 2.99. The van der Waals surface area contributed by atoms with E-state index in [1.54, 1.807) is 48.5 Å². The molecule has 3 rings (SSSR count). The van der Waals surface area contributed by atoms with Crippen molar-refractivity contribution in [2.45, 2.75) is 64.7 Å². The Morgan fingerprint density at radius 1 is 0.674 bits per heavy atom. The van der Waals surface area contributed by atoms with E-state index in [9.17, 15) is 14.4 Å². The van der Waals surface area contributed by atoms with E-state index in [1.165, 1.54) is 24.5 Å². The lowest BCUT2D eigenvalue weighted by Gasteiger charge is -2.07. The van der Waals surface area contributed by atoms with Crippen molar-refractivity contribution in [1.82, 2.24) is 0 Å². The van der Waals surface area contributed by atoms with Gasteiger partial charge < -0.3 is 25.7 Å². The number of hydrogen-bond donors (Lipinski definition) is 2. The van der Waals surface area contributed by atoms with Crippen LogP contribution in [0.2, 0.25) is 0 Å². The second-order valence-electron chi connectivity index (χ2n) is 10.4. The minimum absolute atomic E-state index is 0.321. The summed E-state index contributed by atoms with van der Waals surface area (Å²) in [6.07, 6.45) is 11.8. The predicted molar refractivity (Wildman–Crippen MR) is 170 cm³/mol. The zero-order valence-corrected chi connectivity index (χ0v) is 24.9. The third-order valence-corrected chi connectivity index (χ3v) is 6.74. The summed E-state index contributed by atoms with van der Waals surface area (Å²) in [4.78, 5) is 36.6. The van der Waals surface area contributed by atoms with Crippen molar-refractivity contribution < 1.29 is 28.6 Å². The third-order valence-electron chi connectivity index (χ3n) is 6.74. The van der Waals surface area contributed by atoms with Crippen LogP contribution in [0.15, 0.2) is 72.8 Å². The standard InChI is InChI=1S/C35H42N2O6/c1-2-3-7-10-26-13-18-32(19-14-26)43-33(38)20-15-27-11-16-28(17-12-27)34(39)41-21-8-5-4-6-9-22-42-35(40)29-23-30(36)25-31(37)24-29/h11-20,23-25H,2-10,21-22,36-37H2,1H3/b20-15+. The first-order chi connectivity index (χ1) is 20.8. The molecule has 0 saturated carbocycles. The van der Waals surface area contributed by atoms with Crippen LogP contribution >= 0.6 is 0 Å². The summed E-state index contributed by atoms with van der Waals surface area (Å²) < 4.78 is 16.0. The molecule has 0 heterocycles. The average molecular weight is 587 g/mol. The third kappa shape index (κ3) is 12.4. The molecule has 0 radical (unpaired) electrons. The molecule has 3 aromatic carbocycles. The maximum atomic E-state index is 12.3. The molecule has 0 bridgehead atoms. The summed E-state index contributed by atoms with van der Waals surface area (Å²) in [5.74, 6) is -0.783. The van der Waals surface area contributed by atoms with E-state index in [0.29, 0.717) is 41.5 Å². The SMILES string of the molecule is CCCCCc1ccc(OC(=O)/C=C/c2ccc(C(=O)OCCCCCCCOC(=O)c3cc(N)cc(N)c3)cc2)cc1. The summed E-state index contributed by atoms with van der Waals surface area (Å²) in [6.45, 7) is 2.83. The zero-order chi connectivity index (χ0) is 30.9. The number of hydrogen-bond acceptors (Lipinski definition) is 8. The summed E-state index contributed by atoms with van der Waals surface area (Å²) in [5, 5.41) is 0. The van der Waals surface area contributed by atoms with Gasteiger partial charge in [-0.2, -0.15) is 0 Å². The molecule has 0 aliphatic rings. The molecule has 8 heteroatoms.